The van der Waals surface area contributed by atoms with E-state index in [1.165, 1.54) is 0 Å². The van der Waals surface area contributed by atoms with Crippen LogP contribution in [-0.4, -0.2) is 41.3 Å². The highest BCUT2D eigenvalue weighted by Gasteiger charge is 2.11. The lowest BCUT2D eigenvalue weighted by atomic mass is 10.1. The number of phenols is 1. The van der Waals surface area contributed by atoms with Gasteiger partial charge in [0, 0.05) is 12.1 Å². The molecule has 0 saturated carbocycles. The number of hydrogen-bond acceptors (Lipinski definition) is 4. The molecule has 2 N–H and O–H groups in total. The number of rotatable bonds is 6. The third-order valence-corrected chi connectivity index (χ3v) is 2.23. The highest BCUT2D eigenvalue weighted by Crippen LogP contribution is 2.30. The molecule has 1 rings (SSSR count). The lowest BCUT2D eigenvalue weighted by molar-refractivity contribution is -0.138. The normalized spacial score (nSPS) is 10.5. The molecule has 0 saturated heterocycles. The third kappa shape index (κ3) is 3.96. The molecule has 0 aliphatic heterocycles. The van der Waals surface area contributed by atoms with E-state index in [0.29, 0.717) is 24.5 Å². The van der Waals surface area contributed by atoms with Crippen molar-refractivity contribution in [2.75, 3.05) is 20.2 Å². The lowest BCUT2D eigenvalue weighted by Crippen LogP contribution is -2.25. The van der Waals surface area contributed by atoms with E-state index in [1.807, 2.05) is 6.92 Å². The van der Waals surface area contributed by atoms with Crippen molar-refractivity contribution in [3.8, 4) is 11.5 Å². The molecule has 5 nitrogen and oxygen atoms in total. The van der Waals surface area contributed by atoms with Crippen molar-refractivity contribution in [1.29, 1.82) is 0 Å². The van der Waals surface area contributed by atoms with Gasteiger partial charge in [-0.15, -0.1) is 0 Å². The minimum absolute atomic E-state index is 0.0711. The number of carbonyl (C=O) groups is 1. The molecule has 1 aromatic carbocycles. The molecular weight excluding hydrogens is 222 g/mol. The fraction of sp³-hybridized carbons (Fsp3) is 0.417. The van der Waals surface area contributed by atoms with E-state index in [9.17, 15) is 9.90 Å². The van der Waals surface area contributed by atoms with Crippen molar-refractivity contribution in [2.45, 2.75) is 13.5 Å². The van der Waals surface area contributed by atoms with Crippen LogP contribution in [0.3, 0.4) is 0 Å². The molecule has 0 fully saturated rings. The lowest BCUT2D eigenvalue weighted by Gasteiger charge is -2.16. The van der Waals surface area contributed by atoms with Gasteiger partial charge in [-0.2, -0.15) is 0 Å². The average molecular weight is 239 g/mol. The van der Waals surface area contributed by atoms with Crippen LogP contribution >= 0.6 is 0 Å². The topological polar surface area (TPSA) is 70.0 Å². The Labute approximate surface area is 100 Å². The summed E-state index contributed by atoms with van der Waals surface area (Å²) in [5, 5.41) is 18.5. The summed E-state index contributed by atoms with van der Waals surface area (Å²) in [6, 6.07) is 5.20. The predicted molar refractivity (Wildman–Crippen MR) is 63.2 cm³/mol. The summed E-state index contributed by atoms with van der Waals surface area (Å²) in [7, 11) is 1.68. The standard InChI is InChI=1S/C12H17NO4/c1-3-17-10-6-4-5-9(12(10)16)7-13(2)8-11(14)15/h4-6,16H,3,7-8H2,1-2H3,(H,14,15). The van der Waals surface area contributed by atoms with Crippen molar-refractivity contribution >= 4 is 5.97 Å². The zero-order valence-corrected chi connectivity index (χ0v) is 10.0. The first-order chi connectivity index (χ1) is 8.04. The van der Waals surface area contributed by atoms with Gasteiger partial charge in [0.1, 0.15) is 0 Å². The Morgan fingerprint density at radius 1 is 1.47 bits per heavy atom. The van der Waals surface area contributed by atoms with Crippen LogP contribution in [0.4, 0.5) is 0 Å². The summed E-state index contributed by atoms with van der Waals surface area (Å²) in [5.41, 5.74) is 0.653. The Morgan fingerprint density at radius 2 is 2.18 bits per heavy atom. The van der Waals surface area contributed by atoms with Crippen molar-refractivity contribution < 1.29 is 19.7 Å². The van der Waals surface area contributed by atoms with Crippen LogP contribution in [0, 0.1) is 0 Å². The zero-order valence-electron chi connectivity index (χ0n) is 10.0. The summed E-state index contributed by atoms with van der Waals surface area (Å²) in [6.45, 7) is 2.60. The maximum atomic E-state index is 10.5. The molecule has 5 heteroatoms. The molecule has 0 spiro atoms. The van der Waals surface area contributed by atoms with Crippen molar-refractivity contribution in [3.05, 3.63) is 23.8 Å². The first-order valence-corrected chi connectivity index (χ1v) is 5.38. The molecule has 0 amide bonds. The van der Waals surface area contributed by atoms with Gasteiger partial charge in [0.2, 0.25) is 0 Å². The second-order valence-corrected chi connectivity index (χ2v) is 3.76. The van der Waals surface area contributed by atoms with Crippen molar-refractivity contribution in [1.82, 2.24) is 4.90 Å². The van der Waals surface area contributed by atoms with Gasteiger partial charge in [-0.25, -0.2) is 0 Å². The van der Waals surface area contributed by atoms with E-state index in [0.717, 1.165) is 0 Å². The Bertz CT molecular complexity index is 392. The summed E-state index contributed by atoms with van der Waals surface area (Å²) >= 11 is 0. The molecule has 0 atom stereocenters. The Kier molecular flexibility index (Phi) is 4.78. The molecule has 0 bridgehead atoms. The van der Waals surface area contributed by atoms with Gasteiger partial charge >= 0.3 is 5.97 Å². The number of likely N-dealkylation sites (N-methyl/N-ethyl adjacent to an activating group) is 1. The number of aliphatic carboxylic acids is 1. The number of benzene rings is 1. The number of carboxylic acids is 1. The quantitative estimate of drug-likeness (QED) is 0.783. The number of ether oxygens (including phenoxy) is 1. The monoisotopic (exact) mass is 239 g/mol. The van der Waals surface area contributed by atoms with E-state index in [-0.39, 0.29) is 12.3 Å². The van der Waals surface area contributed by atoms with Crippen LogP contribution in [0.1, 0.15) is 12.5 Å². The van der Waals surface area contributed by atoms with Crippen LogP contribution in [0.25, 0.3) is 0 Å². The summed E-state index contributed by atoms with van der Waals surface area (Å²) in [6.07, 6.45) is 0. The summed E-state index contributed by atoms with van der Waals surface area (Å²) in [5.74, 6) is -0.395. The zero-order chi connectivity index (χ0) is 12.8. The highest BCUT2D eigenvalue weighted by atomic mass is 16.5. The molecule has 0 aromatic heterocycles. The van der Waals surface area contributed by atoms with Crippen LogP contribution in [-0.2, 0) is 11.3 Å². The van der Waals surface area contributed by atoms with Gasteiger partial charge in [-0.3, -0.25) is 9.69 Å². The second kappa shape index (κ2) is 6.10. The van der Waals surface area contributed by atoms with Crippen LogP contribution in [0.2, 0.25) is 0 Å². The van der Waals surface area contributed by atoms with Crippen molar-refractivity contribution in [3.63, 3.8) is 0 Å². The SMILES string of the molecule is CCOc1cccc(CN(C)CC(=O)O)c1O. The van der Waals surface area contributed by atoms with E-state index in [2.05, 4.69) is 0 Å². The van der Waals surface area contributed by atoms with Crippen molar-refractivity contribution in [2.24, 2.45) is 0 Å². The molecule has 17 heavy (non-hydrogen) atoms. The summed E-state index contributed by atoms with van der Waals surface area (Å²) < 4.78 is 5.26. The van der Waals surface area contributed by atoms with Crippen LogP contribution in [0.5, 0.6) is 11.5 Å². The van der Waals surface area contributed by atoms with Crippen LogP contribution in [0.15, 0.2) is 18.2 Å². The number of phenolic OH excluding ortho intramolecular Hbond substituents is 1. The first-order valence-electron chi connectivity index (χ1n) is 5.38. The molecule has 0 heterocycles. The molecule has 94 valence electrons. The predicted octanol–water partition coefficient (Wildman–Crippen LogP) is 1.31. The molecule has 0 unspecified atom stereocenters. The van der Waals surface area contributed by atoms with E-state index >= 15 is 0 Å². The number of aromatic hydroxyl groups is 1. The minimum atomic E-state index is -0.895. The minimum Gasteiger partial charge on any atom is -0.504 e. The largest absolute Gasteiger partial charge is 0.504 e. The smallest absolute Gasteiger partial charge is 0.317 e. The number of para-hydroxylation sites is 1. The number of hydrogen-bond donors (Lipinski definition) is 2. The molecule has 0 radical (unpaired) electrons. The number of carboxylic acid groups (broad SMARTS) is 1. The van der Waals surface area contributed by atoms with Gasteiger partial charge in [0.05, 0.1) is 13.2 Å². The highest BCUT2D eigenvalue weighted by molar-refractivity contribution is 5.69. The number of nitrogens with zero attached hydrogens (tertiary/aromatic N) is 1. The van der Waals surface area contributed by atoms with E-state index in [1.54, 1.807) is 30.1 Å². The molecular formula is C12H17NO4. The Morgan fingerprint density at radius 3 is 2.76 bits per heavy atom. The van der Waals surface area contributed by atoms with Gasteiger partial charge < -0.3 is 14.9 Å². The second-order valence-electron chi connectivity index (χ2n) is 3.76. The van der Waals surface area contributed by atoms with Gasteiger partial charge in [0.25, 0.3) is 0 Å². The first kappa shape index (κ1) is 13.3. The maximum absolute atomic E-state index is 10.5. The van der Waals surface area contributed by atoms with Gasteiger partial charge in [-0.05, 0) is 20.0 Å². The maximum Gasteiger partial charge on any atom is 0.317 e. The van der Waals surface area contributed by atoms with Crippen LogP contribution < -0.4 is 4.74 Å². The fourth-order valence-corrected chi connectivity index (χ4v) is 1.54. The third-order valence-electron chi connectivity index (χ3n) is 2.23. The Hall–Kier alpha value is -1.75. The Balaban J connectivity index is 2.77. The summed E-state index contributed by atoms with van der Waals surface area (Å²) in [4.78, 5) is 12.1. The molecule has 1 aromatic rings. The molecule has 0 aliphatic rings. The molecule has 0 aliphatic carbocycles. The fourth-order valence-electron chi connectivity index (χ4n) is 1.54. The average Bonchev–Trinajstić information content (AvgIpc) is 2.23. The van der Waals surface area contributed by atoms with Gasteiger partial charge in [0.15, 0.2) is 11.5 Å². The van der Waals surface area contributed by atoms with E-state index < -0.39 is 5.97 Å². The van der Waals surface area contributed by atoms with E-state index in [4.69, 9.17) is 9.84 Å². The van der Waals surface area contributed by atoms with Gasteiger partial charge in [-0.1, -0.05) is 12.1 Å².